The SMILES string of the molecule is CCC(C)c1ccccc1NC(=O)C(C)Sc1nc(C)nc2ccccc12. The molecule has 3 rings (SSSR count). The van der Waals surface area contributed by atoms with E-state index in [9.17, 15) is 4.79 Å². The number of nitrogens with one attached hydrogen (secondary N) is 1. The van der Waals surface area contributed by atoms with Crippen molar-refractivity contribution < 1.29 is 4.79 Å². The molecule has 5 heteroatoms. The summed E-state index contributed by atoms with van der Waals surface area (Å²) in [5.41, 5.74) is 2.98. The fraction of sp³-hybridized carbons (Fsp3) is 0.318. The monoisotopic (exact) mass is 379 g/mol. The standard InChI is InChI=1S/C22H25N3OS/c1-5-14(2)17-10-6-8-12-19(17)25-21(26)15(3)27-22-18-11-7-9-13-20(18)23-16(4)24-22/h6-15H,5H2,1-4H3,(H,25,26). The zero-order valence-corrected chi connectivity index (χ0v) is 17.0. The first-order chi connectivity index (χ1) is 13.0. The van der Waals surface area contributed by atoms with Gasteiger partial charge in [0.2, 0.25) is 5.91 Å². The predicted octanol–water partition coefficient (Wildman–Crippen LogP) is 5.57. The van der Waals surface area contributed by atoms with E-state index < -0.39 is 0 Å². The highest BCUT2D eigenvalue weighted by atomic mass is 32.2. The number of aromatic nitrogens is 2. The lowest BCUT2D eigenvalue weighted by atomic mass is 9.97. The number of hydrogen-bond donors (Lipinski definition) is 1. The van der Waals surface area contributed by atoms with Crippen molar-refractivity contribution >= 4 is 34.3 Å². The van der Waals surface area contributed by atoms with Gasteiger partial charge in [-0.2, -0.15) is 0 Å². The van der Waals surface area contributed by atoms with Crippen molar-refractivity contribution in [3.8, 4) is 0 Å². The highest BCUT2D eigenvalue weighted by molar-refractivity contribution is 8.00. The van der Waals surface area contributed by atoms with E-state index in [4.69, 9.17) is 0 Å². The third kappa shape index (κ3) is 4.48. The van der Waals surface area contributed by atoms with E-state index in [1.165, 1.54) is 17.3 Å². The van der Waals surface area contributed by atoms with Crippen LogP contribution in [0.2, 0.25) is 0 Å². The summed E-state index contributed by atoms with van der Waals surface area (Å²) >= 11 is 1.47. The van der Waals surface area contributed by atoms with E-state index >= 15 is 0 Å². The van der Waals surface area contributed by atoms with E-state index in [1.54, 1.807) is 0 Å². The molecule has 1 amide bonds. The minimum Gasteiger partial charge on any atom is -0.325 e. The Hall–Kier alpha value is -2.40. The Morgan fingerprint density at radius 1 is 1.07 bits per heavy atom. The van der Waals surface area contributed by atoms with Crippen molar-refractivity contribution in [1.29, 1.82) is 0 Å². The van der Waals surface area contributed by atoms with Gasteiger partial charge in [-0.25, -0.2) is 9.97 Å². The average Bonchev–Trinajstić information content (AvgIpc) is 2.67. The molecule has 0 aliphatic rings. The van der Waals surface area contributed by atoms with Gasteiger partial charge in [0.15, 0.2) is 0 Å². The first kappa shape index (κ1) is 19.4. The number of benzene rings is 2. The van der Waals surface area contributed by atoms with E-state index in [-0.39, 0.29) is 11.2 Å². The van der Waals surface area contributed by atoms with Gasteiger partial charge < -0.3 is 5.32 Å². The molecule has 2 aromatic carbocycles. The van der Waals surface area contributed by atoms with Crippen molar-refractivity contribution in [2.24, 2.45) is 0 Å². The number of para-hydroxylation sites is 2. The van der Waals surface area contributed by atoms with Crippen LogP contribution in [0.3, 0.4) is 0 Å². The molecule has 0 spiro atoms. The van der Waals surface area contributed by atoms with E-state index in [0.717, 1.165) is 28.0 Å². The highest BCUT2D eigenvalue weighted by Gasteiger charge is 2.19. The van der Waals surface area contributed by atoms with Crippen LogP contribution in [-0.2, 0) is 4.79 Å². The van der Waals surface area contributed by atoms with Crippen molar-refractivity contribution in [2.75, 3.05) is 5.32 Å². The maximum atomic E-state index is 12.8. The van der Waals surface area contributed by atoms with Crippen molar-refractivity contribution in [3.63, 3.8) is 0 Å². The van der Waals surface area contributed by atoms with Crippen LogP contribution >= 0.6 is 11.8 Å². The van der Waals surface area contributed by atoms with E-state index in [1.807, 2.05) is 56.3 Å². The Balaban J connectivity index is 1.80. The Morgan fingerprint density at radius 3 is 2.56 bits per heavy atom. The van der Waals surface area contributed by atoms with Gasteiger partial charge in [-0.3, -0.25) is 4.79 Å². The fourth-order valence-corrected chi connectivity index (χ4v) is 3.95. The van der Waals surface area contributed by atoms with Crippen LogP contribution < -0.4 is 5.32 Å². The van der Waals surface area contributed by atoms with Crippen molar-refractivity contribution in [3.05, 3.63) is 59.9 Å². The fourth-order valence-electron chi connectivity index (χ4n) is 2.96. The molecule has 27 heavy (non-hydrogen) atoms. The molecule has 140 valence electrons. The molecular formula is C22H25N3OS. The Labute approximate surface area is 164 Å². The van der Waals surface area contributed by atoms with E-state index in [2.05, 4.69) is 35.2 Å². The molecule has 4 nitrogen and oxygen atoms in total. The molecule has 0 saturated heterocycles. The summed E-state index contributed by atoms with van der Waals surface area (Å²) in [4.78, 5) is 21.9. The van der Waals surface area contributed by atoms with Crippen molar-refractivity contribution in [1.82, 2.24) is 9.97 Å². The normalized spacial score (nSPS) is 13.3. The maximum Gasteiger partial charge on any atom is 0.237 e. The van der Waals surface area contributed by atoms with Crippen LogP contribution in [0.4, 0.5) is 5.69 Å². The van der Waals surface area contributed by atoms with Crippen LogP contribution in [-0.4, -0.2) is 21.1 Å². The molecule has 2 unspecified atom stereocenters. The molecule has 1 aromatic heterocycles. The summed E-state index contributed by atoms with van der Waals surface area (Å²) in [6.45, 7) is 8.13. The Kier molecular flexibility index (Phi) is 6.11. The molecule has 1 heterocycles. The largest absolute Gasteiger partial charge is 0.325 e. The zero-order valence-electron chi connectivity index (χ0n) is 16.2. The van der Waals surface area contributed by atoms with Crippen LogP contribution in [0.15, 0.2) is 53.6 Å². The first-order valence-electron chi connectivity index (χ1n) is 9.29. The first-order valence-corrected chi connectivity index (χ1v) is 10.2. The lowest BCUT2D eigenvalue weighted by Gasteiger charge is -2.18. The van der Waals surface area contributed by atoms with Gasteiger partial charge in [-0.1, -0.05) is 62.0 Å². The molecule has 0 fully saturated rings. The van der Waals surface area contributed by atoms with Gasteiger partial charge in [0.05, 0.1) is 10.8 Å². The summed E-state index contributed by atoms with van der Waals surface area (Å²) in [5, 5.41) is 4.66. The van der Waals surface area contributed by atoms with Crippen LogP contribution in [0.1, 0.15) is 44.5 Å². The molecule has 1 N–H and O–H groups in total. The number of carbonyl (C=O) groups excluding carboxylic acids is 1. The molecule has 0 bridgehead atoms. The smallest absolute Gasteiger partial charge is 0.237 e. The predicted molar refractivity (Wildman–Crippen MR) is 113 cm³/mol. The number of nitrogens with zero attached hydrogens (tertiary/aromatic N) is 2. The molecular weight excluding hydrogens is 354 g/mol. The Morgan fingerprint density at radius 2 is 1.78 bits per heavy atom. The number of anilines is 1. The number of amides is 1. The second-order valence-electron chi connectivity index (χ2n) is 6.74. The zero-order chi connectivity index (χ0) is 19.4. The van der Waals surface area contributed by atoms with E-state index in [0.29, 0.717) is 11.7 Å². The molecule has 0 aliphatic carbocycles. The maximum absolute atomic E-state index is 12.8. The summed E-state index contributed by atoms with van der Waals surface area (Å²) < 4.78 is 0. The number of rotatable bonds is 6. The third-order valence-electron chi connectivity index (χ3n) is 4.70. The van der Waals surface area contributed by atoms with Crippen molar-refractivity contribution in [2.45, 2.75) is 50.3 Å². The van der Waals surface area contributed by atoms with Crippen LogP contribution in [0.5, 0.6) is 0 Å². The lowest BCUT2D eigenvalue weighted by molar-refractivity contribution is -0.115. The number of aryl methyl sites for hydroxylation is 1. The lowest BCUT2D eigenvalue weighted by Crippen LogP contribution is -2.23. The highest BCUT2D eigenvalue weighted by Crippen LogP contribution is 2.31. The second-order valence-corrected chi connectivity index (χ2v) is 8.07. The van der Waals surface area contributed by atoms with Crippen LogP contribution in [0.25, 0.3) is 10.9 Å². The molecule has 0 aliphatic heterocycles. The number of hydrogen-bond acceptors (Lipinski definition) is 4. The minimum absolute atomic E-state index is 0.0175. The summed E-state index contributed by atoms with van der Waals surface area (Å²) in [7, 11) is 0. The summed E-state index contributed by atoms with van der Waals surface area (Å²) in [6, 6.07) is 15.9. The van der Waals surface area contributed by atoms with Gasteiger partial charge in [0, 0.05) is 11.1 Å². The van der Waals surface area contributed by atoms with Gasteiger partial charge in [0.25, 0.3) is 0 Å². The number of thioether (sulfide) groups is 1. The summed E-state index contributed by atoms with van der Waals surface area (Å²) in [5.74, 6) is 1.10. The van der Waals surface area contributed by atoms with Gasteiger partial charge in [-0.15, -0.1) is 0 Å². The number of carbonyl (C=O) groups is 1. The van der Waals surface area contributed by atoms with Crippen LogP contribution in [0, 0.1) is 6.92 Å². The molecule has 2 atom stereocenters. The summed E-state index contributed by atoms with van der Waals surface area (Å²) in [6.07, 6.45) is 1.03. The molecule has 3 aromatic rings. The average molecular weight is 380 g/mol. The Bertz CT molecular complexity index is 957. The molecule has 0 saturated carbocycles. The molecule has 0 radical (unpaired) electrons. The van der Waals surface area contributed by atoms with Gasteiger partial charge in [0.1, 0.15) is 10.9 Å². The topological polar surface area (TPSA) is 54.9 Å². The van der Waals surface area contributed by atoms with Gasteiger partial charge in [-0.05, 0) is 43.9 Å². The van der Waals surface area contributed by atoms with Gasteiger partial charge >= 0.3 is 0 Å². The third-order valence-corrected chi connectivity index (χ3v) is 5.80. The second kappa shape index (κ2) is 8.53. The minimum atomic E-state index is -0.271. The number of fused-ring (bicyclic) bond motifs is 1. The quantitative estimate of drug-likeness (QED) is 0.449.